The van der Waals surface area contributed by atoms with Gasteiger partial charge in [0, 0.05) is 16.7 Å². The minimum Gasteiger partial charge on any atom is -0.506 e. The van der Waals surface area contributed by atoms with E-state index >= 15 is 0 Å². The van der Waals surface area contributed by atoms with Gasteiger partial charge in [0.2, 0.25) is 0 Å². The molecular formula is C13H11BrClNO. The number of para-hydroxylation sites is 1. The van der Waals surface area contributed by atoms with Crippen LogP contribution in [0.2, 0.25) is 5.02 Å². The smallest absolute Gasteiger partial charge is 0.134 e. The maximum atomic E-state index is 9.31. The number of aromatic hydroxyl groups is 1. The number of phenolic OH excluding ortho intramolecular Hbond substituents is 1. The van der Waals surface area contributed by atoms with Gasteiger partial charge >= 0.3 is 0 Å². The van der Waals surface area contributed by atoms with E-state index in [-0.39, 0.29) is 5.75 Å². The number of anilines is 1. The van der Waals surface area contributed by atoms with Crippen molar-refractivity contribution in [1.29, 1.82) is 0 Å². The van der Waals surface area contributed by atoms with Gasteiger partial charge in [0.05, 0.1) is 5.02 Å². The highest BCUT2D eigenvalue weighted by molar-refractivity contribution is 9.10. The number of rotatable bonds is 3. The van der Waals surface area contributed by atoms with Gasteiger partial charge in [0.15, 0.2) is 0 Å². The summed E-state index contributed by atoms with van der Waals surface area (Å²) >= 11 is 9.31. The topological polar surface area (TPSA) is 32.3 Å². The minimum atomic E-state index is 0.108. The summed E-state index contributed by atoms with van der Waals surface area (Å²) in [5.41, 5.74) is 2.04. The standard InChI is InChI=1S/C13H11BrClNO/c14-10-3-1-2-4-12(10)16-8-9-5-6-13(17)11(15)7-9/h1-7,16-17H,8H2. The molecule has 2 nitrogen and oxygen atoms in total. The Labute approximate surface area is 113 Å². The molecule has 0 fully saturated rings. The van der Waals surface area contributed by atoms with Gasteiger partial charge in [-0.25, -0.2) is 0 Å². The minimum absolute atomic E-state index is 0.108. The first-order valence-electron chi connectivity index (χ1n) is 5.12. The molecule has 0 unspecified atom stereocenters. The lowest BCUT2D eigenvalue weighted by Crippen LogP contribution is -1.99. The summed E-state index contributed by atoms with van der Waals surface area (Å²) in [5, 5.41) is 13.0. The van der Waals surface area contributed by atoms with Crippen LogP contribution in [0.1, 0.15) is 5.56 Å². The number of nitrogens with one attached hydrogen (secondary N) is 1. The average Bonchev–Trinajstić information content (AvgIpc) is 2.32. The second kappa shape index (κ2) is 5.43. The molecule has 17 heavy (non-hydrogen) atoms. The number of halogens is 2. The van der Waals surface area contributed by atoms with Crippen molar-refractivity contribution in [1.82, 2.24) is 0 Å². The van der Waals surface area contributed by atoms with Crippen LogP contribution < -0.4 is 5.32 Å². The Morgan fingerprint density at radius 3 is 2.65 bits per heavy atom. The fraction of sp³-hybridized carbons (Fsp3) is 0.0769. The molecule has 0 heterocycles. The molecule has 0 saturated carbocycles. The van der Waals surface area contributed by atoms with E-state index in [0.717, 1.165) is 15.7 Å². The van der Waals surface area contributed by atoms with Crippen LogP contribution in [-0.4, -0.2) is 5.11 Å². The summed E-state index contributed by atoms with van der Waals surface area (Å²) in [6.45, 7) is 0.655. The molecule has 0 atom stereocenters. The molecular weight excluding hydrogens is 302 g/mol. The third-order valence-corrected chi connectivity index (χ3v) is 3.36. The Hall–Kier alpha value is -1.19. The van der Waals surface area contributed by atoms with Gasteiger partial charge in [-0.05, 0) is 45.8 Å². The summed E-state index contributed by atoms with van der Waals surface area (Å²) in [6.07, 6.45) is 0. The van der Waals surface area contributed by atoms with Crippen LogP contribution in [0.3, 0.4) is 0 Å². The molecule has 2 N–H and O–H groups in total. The predicted octanol–water partition coefficient (Wildman–Crippen LogP) is 4.42. The third-order valence-electron chi connectivity index (χ3n) is 2.37. The van der Waals surface area contributed by atoms with Crippen molar-refractivity contribution >= 4 is 33.2 Å². The van der Waals surface area contributed by atoms with Gasteiger partial charge in [-0.3, -0.25) is 0 Å². The molecule has 2 rings (SSSR count). The highest BCUT2D eigenvalue weighted by Gasteiger charge is 2.01. The maximum absolute atomic E-state index is 9.31. The quantitative estimate of drug-likeness (QED) is 0.879. The van der Waals surface area contributed by atoms with Crippen LogP contribution >= 0.6 is 27.5 Å². The highest BCUT2D eigenvalue weighted by atomic mass is 79.9. The van der Waals surface area contributed by atoms with Crippen LogP contribution in [0.15, 0.2) is 46.9 Å². The van der Waals surface area contributed by atoms with Crippen LogP contribution in [0.4, 0.5) is 5.69 Å². The van der Waals surface area contributed by atoms with Crippen molar-refractivity contribution in [2.45, 2.75) is 6.54 Å². The Bertz CT molecular complexity index is 531. The third kappa shape index (κ3) is 3.14. The van der Waals surface area contributed by atoms with E-state index in [1.165, 1.54) is 0 Å². The monoisotopic (exact) mass is 311 g/mol. The number of hydrogen-bond donors (Lipinski definition) is 2. The molecule has 0 aromatic heterocycles. The van der Waals surface area contributed by atoms with Gasteiger partial charge < -0.3 is 10.4 Å². The van der Waals surface area contributed by atoms with Crippen molar-refractivity contribution in [2.24, 2.45) is 0 Å². The van der Waals surface area contributed by atoms with Gasteiger partial charge in [0.25, 0.3) is 0 Å². The average molecular weight is 313 g/mol. The van der Waals surface area contributed by atoms with Crippen molar-refractivity contribution in [3.63, 3.8) is 0 Å². The largest absolute Gasteiger partial charge is 0.506 e. The van der Waals surface area contributed by atoms with Crippen molar-refractivity contribution < 1.29 is 5.11 Å². The zero-order chi connectivity index (χ0) is 12.3. The first kappa shape index (κ1) is 12.3. The van der Waals surface area contributed by atoms with Crippen LogP contribution in [-0.2, 0) is 6.54 Å². The van der Waals surface area contributed by atoms with Crippen LogP contribution in [0.5, 0.6) is 5.75 Å². The summed E-state index contributed by atoms with van der Waals surface area (Å²) in [5.74, 6) is 0.108. The normalized spacial score (nSPS) is 10.2. The Morgan fingerprint density at radius 1 is 1.18 bits per heavy atom. The van der Waals surface area contributed by atoms with Crippen molar-refractivity contribution in [3.8, 4) is 5.75 Å². The summed E-state index contributed by atoms with van der Waals surface area (Å²) in [4.78, 5) is 0. The van der Waals surface area contributed by atoms with E-state index < -0.39 is 0 Å². The SMILES string of the molecule is Oc1ccc(CNc2ccccc2Br)cc1Cl. The van der Waals surface area contributed by atoms with E-state index in [4.69, 9.17) is 11.6 Å². The zero-order valence-electron chi connectivity index (χ0n) is 8.95. The maximum Gasteiger partial charge on any atom is 0.134 e. The molecule has 0 spiro atoms. The van der Waals surface area contributed by atoms with E-state index in [2.05, 4.69) is 21.2 Å². The predicted molar refractivity (Wildman–Crippen MR) is 74.6 cm³/mol. The van der Waals surface area contributed by atoms with E-state index in [9.17, 15) is 5.11 Å². The lowest BCUT2D eigenvalue weighted by molar-refractivity contribution is 0.475. The molecule has 0 aliphatic carbocycles. The second-order valence-electron chi connectivity index (χ2n) is 3.62. The van der Waals surface area contributed by atoms with E-state index in [1.54, 1.807) is 12.1 Å². The fourth-order valence-corrected chi connectivity index (χ4v) is 2.09. The molecule has 88 valence electrons. The summed E-state index contributed by atoms with van der Waals surface area (Å²) in [7, 11) is 0. The fourth-order valence-electron chi connectivity index (χ4n) is 1.46. The van der Waals surface area contributed by atoms with Gasteiger partial charge in [-0.1, -0.05) is 29.8 Å². The Balaban J connectivity index is 2.08. The van der Waals surface area contributed by atoms with Crippen molar-refractivity contribution in [3.05, 3.63) is 57.5 Å². The molecule has 0 bridgehead atoms. The molecule has 0 saturated heterocycles. The van der Waals surface area contributed by atoms with Gasteiger partial charge in [-0.2, -0.15) is 0 Å². The van der Waals surface area contributed by atoms with Crippen LogP contribution in [0.25, 0.3) is 0 Å². The molecule has 2 aromatic rings. The molecule has 0 amide bonds. The Kier molecular flexibility index (Phi) is 3.92. The first-order valence-corrected chi connectivity index (χ1v) is 6.30. The highest BCUT2D eigenvalue weighted by Crippen LogP contribution is 2.25. The molecule has 4 heteroatoms. The van der Waals surface area contributed by atoms with E-state index in [1.807, 2.05) is 30.3 Å². The summed E-state index contributed by atoms with van der Waals surface area (Å²) < 4.78 is 1.02. The van der Waals surface area contributed by atoms with E-state index in [0.29, 0.717) is 11.6 Å². The molecule has 0 radical (unpaired) electrons. The van der Waals surface area contributed by atoms with Gasteiger partial charge in [-0.15, -0.1) is 0 Å². The van der Waals surface area contributed by atoms with Crippen molar-refractivity contribution in [2.75, 3.05) is 5.32 Å². The molecule has 2 aromatic carbocycles. The molecule has 0 aliphatic rings. The second-order valence-corrected chi connectivity index (χ2v) is 4.88. The number of phenols is 1. The lowest BCUT2D eigenvalue weighted by Gasteiger charge is -2.09. The zero-order valence-corrected chi connectivity index (χ0v) is 11.3. The van der Waals surface area contributed by atoms with Gasteiger partial charge in [0.1, 0.15) is 5.75 Å². The lowest BCUT2D eigenvalue weighted by atomic mass is 10.2. The summed E-state index contributed by atoms with van der Waals surface area (Å²) in [6, 6.07) is 13.1. The first-order chi connectivity index (χ1) is 8.16. The molecule has 0 aliphatic heterocycles. The Morgan fingerprint density at radius 2 is 1.94 bits per heavy atom. The van der Waals surface area contributed by atoms with Crippen LogP contribution in [0, 0.1) is 0 Å². The number of hydrogen-bond acceptors (Lipinski definition) is 2. The number of benzene rings is 2.